The molecular formula is C12H20N4O. The molecule has 5 nitrogen and oxygen atoms in total. The zero-order chi connectivity index (χ0) is 12.4. The fraction of sp³-hybridized carbons (Fsp3) is 0.667. The fourth-order valence-electron chi connectivity index (χ4n) is 2.40. The maximum Gasteiger partial charge on any atom is 0.134 e. The summed E-state index contributed by atoms with van der Waals surface area (Å²) in [5.74, 6) is 2.99. The van der Waals surface area contributed by atoms with E-state index in [1.54, 1.807) is 0 Å². The first-order chi connectivity index (χ1) is 8.15. The van der Waals surface area contributed by atoms with E-state index in [1.807, 2.05) is 20.0 Å². The molecule has 1 aliphatic heterocycles. The minimum Gasteiger partial charge on any atom is -0.394 e. The first-order valence-electron chi connectivity index (χ1n) is 6.06. The van der Waals surface area contributed by atoms with Crippen LogP contribution in [-0.4, -0.2) is 41.3 Å². The Hall–Kier alpha value is -1.36. The normalized spacial score (nSPS) is 24.1. The molecule has 0 bridgehead atoms. The van der Waals surface area contributed by atoms with Crippen molar-refractivity contribution in [2.24, 2.45) is 5.92 Å². The molecule has 2 heterocycles. The second-order valence-electron chi connectivity index (χ2n) is 4.62. The average molecular weight is 236 g/mol. The topological polar surface area (TPSA) is 61.3 Å². The first-order valence-corrected chi connectivity index (χ1v) is 6.06. The van der Waals surface area contributed by atoms with E-state index in [0.717, 1.165) is 30.4 Å². The van der Waals surface area contributed by atoms with Crippen LogP contribution in [0.3, 0.4) is 0 Å². The summed E-state index contributed by atoms with van der Waals surface area (Å²) in [7, 11) is 1.85. The molecule has 2 N–H and O–H groups in total. The number of nitrogens with zero attached hydrogens (tertiary/aromatic N) is 3. The van der Waals surface area contributed by atoms with Gasteiger partial charge in [-0.25, -0.2) is 9.97 Å². The Labute approximate surface area is 102 Å². The maximum atomic E-state index is 9.46. The molecular weight excluding hydrogens is 216 g/mol. The molecule has 2 atom stereocenters. The smallest absolute Gasteiger partial charge is 0.134 e. The quantitative estimate of drug-likeness (QED) is 0.821. The Morgan fingerprint density at radius 3 is 2.94 bits per heavy atom. The monoisotopic (exact) mass is 236 g/mol. The lowest BCUT2D eigenvalue weighted by Crippen LogP contribution is -2.35. The van der Waals surface area contributed by atoms with Crippen molar-refractivity contribution in [1.82, 2.24) is 9.97 Å². The van der Waals surface area contributed by atoms with Crippen molar-refractivity contribution >= 4 is 11.6 Å². The molecule has 2 unspecified atom stereocenters. The Morgan fingerprint density at radius 2 is 2.29 bits per heavy atom. The molecule has 1 saturated heterocycles. The van der Waals surface area contributed by atoms with E-state index in [4.69, 9.17) is 0 Å². The minimum absolute atomic E-state index is 0.175. The third-order valence-corrected chi connectivity index (χ3v) is 3.44. The van der Waals surface area contributed by atoms with Gasteiger partial charge in [0.05, 0.1) is 12.6 Å². The number of anilines is 2. The maximum absolute atomic E-state index is 9.46. The van der Waals surface area contributed by atoms with Crippen LogP contribution in [0.4, 0.5) is 11.6 Å². The van der Waals surface area contributed by atoms with Crippen molar-refractivity contribution in [2.75, 3.05) is 30.4 Å². The molecule has 0 aromatic carbocycles. The zero-order valence-corrected chi connectivity index (χ0v) is 10.6. The lowest BCUT2D eigenvalue weighted by atomic mass is 10.0. The van der Waals surface area contributed by atoms with E-state index < -0.39 is 0 Å². The van der Waals surface area contributed by atoms with Crippen molar-refractivity contribution in [3.63, 3.8) is 0 Å². The van der Waals surface area contributed by atoms with E-state index in [0.29, 0.717) is 5.92 Å². The summed E-state index contributed by atoms with van der Waals surface area (Å²) in [5.41, 5.74) is 0. The fourth-order valence-corrected chi connectivity index (χ4v) is 2.40. The molecule has 17 heavy (non-hydrogen) atoms. The van der Waals surface area contributed by atoms with Crippen LogP contribution in [0, 0.1) is 12.8 Å². The molecule has 5 heteroatoms. The highest BCUT2D eigenvalue weighted by molar-refractivity contribution is 5.50. The standard InChI is InChI=1S/C12H20N4O/c1-8-4-5-16(10(8)7-17)12-6-11(13-3)14-9(2)15-12/h6,8,10,17H,4-5,7H2,1-3H3,(H,13,14,15). The summed E-state index contributed by atoms with van der Waals surface area (Å²) >= 11 is 0. The van der Waals surface area contributed by atoms with Gasteiger partial charge in [-0.1, -0.05) is 6.92 Å². The molecule has 1 aromatic rings. The van der Waals surface area contributed by atoms with Crippen LogP contribution in [0.2, 0.25) is 0 Å². The molecule has 94 valence electrons. The van der Waals surface area contributed by atoms with Gasteiger partial charge in [0.25, 0.3) is 0 Å². The van der Waals surface area contributed by atoms with Crippen LogP contribution in [0.15, 0.2) is 6.07 Å². The Morgan fingerprint density at radius 1 is 1.53 bits per heavy atom. The lowest BCUT2D eigenvalue weighted by Gasteiger charge is -2.26. The predicted octanol–water partition coefficient (Wildman–Crippen LogP) is 1.03. The van der Waals surface area contributed by atoms with Crippen molar-refractivity contribution in [3.05, 3.63) is 11.9 Å². The van der Waals surface area contributed by atoms with E-state index in [9.17, 15) is 5.11 Å². The minimum atomic E-state index is 0.175. The van der Waals surface area contributed by atoms with Crippen LogP contribution >= 0.6 is 0 Å². The van der Waals surface area contributed by atoms with Gasteiger partial charge in [0.15, 0.2) is 0 Å². The van der Waals surface area contributed by atoms with Gasteiger partial charge in [-0.2, -0.15) is 0 Å². The SMILES string of the molecule is CNc1cc(N2CCC(C)C2CO)nc(C)n1. The van der Waals surface area contributed by atoms with Crippen molar-refractivity contribution in [1.29, 1.82) is 0 Å². The Balaban J connectivity index is 2.30. The number of hydrogen-bond donors (Lipinski definition) is 2. The predicted molar refractivity (Wildman–Crippen MR) is 68.3 cm³/mol. The highest BCUT2D eigenvalue weighted by Crippen LogP contribution is 2.29. The van der Waals surface area contributed by atoms with Crippen LogP contribution in [-0.2, 0) is 0 Å². The van der Waals surface area contributed by atoms with Crippen molar-refractivity contribution in [2.45, 2.75) is 26.3 Å². The Kier molecular flexibility index (Phi) is 3.47. The largest absolute Gasteiger partial charge is 0.394 e. The summed E-state index contributed by atoms with van der Waals surface area (Å²) in [6.07, 6.45) is 1.10. The Bertz CT molecular complexity index is 396. The van der Waals surface area contributed by atoms with Gasteiger partial charge in [0, 0.05) is 19.7 Å². The van der Waals surface area contributed by atoms with E-state index >= 15 is 0 Å². The van der Waals surface area contributed by atoms with Gasteiger partial charge in [-0.3, -0.25) is 0 Å². The third-order valence-electron chi connectivity index (χ3n) is 3.44. The molecule has 1 aliphatic rings. The van der Waals surface area contributed by atoms with E-state index in [-0.39, 0.29) is 12.6 Å². The van der Waals surface area contributed by atoms with Crippen LogP contribution in [0.5, 0.6) is 0 Å². The van der Waals surface area contributed by atoms with Crippen molar-refractivity contribution in [3.8, 4) is 0 Å². The van der Waals surface area contributed by atoms with Gasteiger partial charge in [-0.05, 0) is 19.3 Å². The van der Waals surface area contributed by atoms with Gasteiger partial charge in [0.2, 0.25) is 0 Å². The highest BCUT2D eigenvalue weighted by atomic mass is 16.3. The molecule has 1 fully saturated rings. The van der Waals surface area contributed by atoms with Gasteiger partial charge >= 0.3 is 0 Å². The summed E-state index contributed by atoms with van der Waals surface area (Å²) in [6.45, 7) is 5.19. The molecule has 2 rings (SSSR count). The van der Waals surface area contributed by atoms with Crippen LogP contribution < -0.4 is 10.2 Å². The number of rotatable bonds is 3. The molecule has 0 spiro atoms. The number of aliphatic hydroxyl groups excluding tert-OH is 1. The first kappa shape index (κ1) is 12.1. The molecule has 0 aliphatic carbocycles. The number of nitrogens with one attached hydrogen (secondary N) is 1. The molecule has 0 amide bonds. The van der Waals surface area contributed by atoms with Crippen molar-refractivity contribution < 1.29 is 5.11 Å². The number of aryl methyl sites for hydroxylation is 1. The van der Waals surface area contributed by atoms with Crippen LogP contribution in [0.25, 0.3) is 0 Å². The second-order valence-corrected chi connectivity index (χ2v) is 4.62. The van der Waals surface area contributed by atoms with Crippen LogP contribution in [0.1, 0.15) is 19.2 Å². The average Bonchev–Trinajstić information content (AvgIpc) is 2.69. The van der Waals surface area contributed by atoms with Gasteiger partial charge in [-0.15, -0.1) is 0 Å². The summed E-state index contributed by atoms with van der Waals surface area (Å²) in [5, 5.41) is 12.5. The van der Waals surface area contributed by atoms with Gasteiger partial charge < -0.3 is 15.3 Å². The zero-order valence-electron chi connectivity index (χ0n) is 10.6. The summed E-state index contributed by atoms with van der Waals surface area (Å²) < 4.78 is 0. The summed E-state index contributed by atoms with van der Waals surface area (Å²) in [6, 6.07) is 2.11. The molecule has 0 saturated carbocycles. The second kappa shape index (κ2) is 4.87. The number of aliphatic hydroxyl groups is 1. The molecule has 0 radical (unpaired) electrons. The lowest BCUT2D eigenvalue weighted by molar-refractivity contribution is 0.244. The van der Waals surface area contributed by atoms with E-state index in [1.165, 1.54) is 0 Å². The third kappa shape index (κ3) is 2.34. The number of aromatic nitrogens is 2. The summed E-state index contributed by atoms with van der Waals surface area (Å²) in [4.78, 5) is 10.9. The van der Waals surface area contributed by atoms with E-state index in [2.05, 4.69) is 27.1 Å². The highest BCUT2D eigenvalue weighted by Gasteiger charge is 2.31. The molecule has 1 aromatic heterocycles. The van der Waals surface area contributed by atoms with Gasteiger partial charge in [0.1, 0.15) is 17.5 Å². The number of hydrogen-bond acceptors (Lipinski definition) is 5.